The Morgan fingerprint density at radius 3 is 3.04 bits per heavy atom. The van der Waals surface area contributed by atoms with Gasteiger partial charge in [0.2, 0.25) is 0 Å². The van der Waals surface area contributed by atoms with Gasteiger partial charge in [-0.15, -0.1) is 0 Å². The summed E-state index contributed by atoms with van der Waals surface area (Å²) >= 11 is 0. The molecule has 0 amide bonds. The number of piperidine rings is 1. The second-order valence-corrected chi connectivity index (χ2v) is 6.93. The van der Waals surface area contributed by atoms with Crippen molar-refractivity contribution in [2.75, 3.05) is 20.2 Å². The van der Waals surface area contributed by atoms with E-state index in [-0.39, 0.29) is 5.97 Å². The van der Waals surface area contributed by atoms with Crippen LogP contribution in [0.2, 0.25) is 0 Å². The van der Waals surface area contributed by atoms with Crippen LogP contribution in [-0.4, -0.2) is 41.7 Å². The number of aromatic nitrogens is 1. The van der Waals surface area contributed by atoms with Gasteiger partial charge in [0.25, 0.3) is 0 Å². The molecule has 3 heterocycles. The monoisotopic (exact) mass is 350 g/mol. The number of rotatable bonds is 4. The number of benzene rings is 1. The molecule has 1 atom stereocenters. The van der Waals surface area contributed by atoms with Crippen LogP contribution >= 0.6 is 0 Å². The third kappa shape index (κ3) is 3.29. The van der Waals surface area contributed by atoms with Crippen molar-refractivity contribution in [1.82, 2.24) is 9.88 Å². The third-order valence-electron chi connectivity index (χ3n) is 5.08. The fourth-order valence-electron chi connectivity index (χ4n) is 3.85. The largest absolute Gasteiger partial charge is 0.497 e. The number of hydrogen-bond acceptors (Lipinski definition) is 5. The molecule has 2 aromatic rings. The van der Waals surface area contributed by atoms with E-state index in [4.69, 9.17) is 9.47 Å². The number of nitrogens with zero attached hydrogens (tertiary/aromatic N) is 2. The Hall–Kier alpha value is -2.82. The Morgan fingerprint density at radius 1 is 1.31 bits per heavy atom. The highest BCUT2D eigenvalue weighted by molar-refractivity contribution is 5.89. The molecule has 26 heavy (non-hydrogen) atoms. The molecule has 2 aliphatic rings. The van der Waals surface area contributed by atoms with Crippen molar-refractivity contribution in [2.24, 2.45) is 0 Å². The normalized spacial score (nSPS) is 23.1. The molecule has 1 aromatic heterocycles. The molecule has 5 heteroatoms. The summed E-state index contributed by atoms with van der Waals surface area (Å²) in [7, 11) is 1.67. The zero-order valence-corrected chi connectivity index (χ0v) is 14.9. The molecule has 0 radical (unpaired) electrons. The van der Waals surface area contributed by atoms with Gasteiger partial charge >= 0.3 is 5.97 Å². The average Bonchev–Trinajstić information content (AvgIpc) is 2.91. The first-order valence-electron chi connectivity index (χ1n) is 8.90. The smallest absolute Gasteiger partial charge is 0.340 e. The maximum Gasteiger partial charge on any atom is 0.340 e. The molecule has 0 N–H and O–H groups in total. The van der Waals surface area contributed by atoms with Crippen LogP contribution in [0, 0.1) is 0 Å². The van der Waals surface area contributed by atoms with Crippen LogP contribution in [0.4, 0.5) is 0 Å². The lowest BCUT2D eigenvalue weighted by Gasteiger charge is -2.33. The highest BCUT2D eigenvalue weighted by atomic mass is 16.6. The van der Waals surface area contributed by atoms with Crippen molar-refractivity contribution >= 4 is 12.0 Å². The molecule has 5 nitrogen and oxygen atoms in total. The zero-order chi connectivity index (χ0) is 18.0. The maximum absolute atomic E-state index is 12.5. The van der Waals surface area contributed by atoms with Crippen LogP contribution in [0.3, 0.4) is 0 Å². The van der Waals surface area contributed by atoms with Crippen LogP contribution in [0.5, 0.6) is 5.75 Å². The van der Waals surface area contributed by atoms with E-state index in [2.05, 4.69) is 22.0 Å². The Bertz CT molecular complexity index is 834. The molecule has 0 saturated carbocycles. The van der Waals surface area contributed by atoms with Gasteiger partial charge in [-0.05, 0) is 48.7 Å². The second-order valence-electron chi connectivity index (χ2n) is 6.93. The summed E-state index contributed by atoms with van der Waals surface area (Å²) in [5, 5.41) is 0. The lowest BCUT2D eigenvalue weighted by molar-refractivity contribution is -0.0270. The van der Waals surface area contributed by atoms with Gasteiger partial charge in [-0.25, -0.2) is 4.79 Å². The van der Waals surface area contributed by atoms with Crippen molar-refractivity contribution in [1.29, 1.82) is 0 Å². The number of carbonyl (C=O) groups excluding carboxylic acids is 1. The van der Waals surface area contributed by atoms with Crippen molar-refractivity contribution in [2.45, 2.75) is 24.9 Å². The van der Waals surface area contributed by atoms with Gasteiger partial charge in [0.15, 0.2) is 0 Å². The lowest BCUT2D eigenvalue weighted by Crippen LogP contribution is -2.42. The van der Waals surface area contributed by atoms with Crippen LogP contribution in [-0.2, 0) is 4.74 Å². The fourth-order valence-corrected chi connectivity index (χ4v) is 3.85. The van der Waals surface area contributed by atoms with Gasteiger partial charge < -0.3 is 14.4 Å². The number of carbonyl (C=O) groups is 1. The fraction of sp³-hybridized carbons (Fsp3) is 0.333. The minimum atomic E-state index is -0.435. The average molecular weight is 350 g/mol. The number of esters is 1. The Balaban J connectivity index is 1.55. The van der Waals surface area contributed by atoms with Crippen LogP contribution in [0.1, 0.15) is 35.2 Å². The van der Waals surface area contributed by atoms with E-state index in [0.29, 0.717) is 5.56 Å². The van der Waals surface area contributed by atoms with Gasteiger partial charge in [0, 0.05) is 31.1 Å². The van der Waals surface area contributed by atoms with Gasteiger partial charge in [0.05, 0.1) is 19.2 Å². The number of pyridine rings is 1. The van der Waals surface area contributed by atoms with Crippen molar-refractivity contribution in [3.8, 4) is 5.75 Å². The van der Waals surface area contributed by atoms with Crippen LogP contribution < -0.4 is 4.74 Å². The van der Waals surface area contributed by atoms with Crippen molar-refractivity contribution < 1.29 is 14.3 Å². The molecule has 2 aliphatic heterocycles. The van der Waals surface area contributed by atoms with E-state index >= 15 is 0 Å². The number of fused-ring (bicyclic) bond motifs is 2. The molecule has 134 valence electrons. The Kier molecular flexibility index (Phi) is 4.37. The number of ether oxygens (including phenoxy) is 2. The summed E-state index contributed by atoms with van der Waals surface area (Å²) in [6.45, 7) is 1.76. The lowest BCUT2D eigenvalue weighted by atomic mass is 9.94. The molecule has 0 spiro atoms. The molecule has 2 fully saturated rings. The number of methoxy groups -OCH3 is 1. The molecule has 0 aliphatic carbocycles. The first-order chi connectivity index (χ1) is 12.7. The molecule has 1 unspecified atom stereocenters. The van der Waals surface area contributed by atoms with E-state index in [9.17, 15) is 4.79 Å². The maximum atomic E-state index is 12.5. The summed E-state index contributed by atoms with van der Waals surface area (Å²) in [5.74, 6) is 0.551. The van der Waals surface area contributed by atoms with E-state index < -0.39 is 5.60 Å². The Labute approximate surface area is 153 Å². The standard InChI is InChI=1S/C21H22N2O3/c1-25-19-7-2-5-16(12-19)11-18-13-21(8-4-10-23(18)15-21)26-20(24)17-6-3-9-22-14-17/h2-3,5-7,9,11-12,14H,4,8,10,13,15H2,1H3/b18-11+. The summed E-state index contributed by atoms with van der Waals surface area (Å²) < 4.78 is 11.3. The van der Waals surface area contributed by atoms with Crippen molar-refractivity contribution in [3.05, 3.63) is 65.6 Å². The molecule has 1 aromatic carbocycles. The minimum absolute atomic E-state index is 0.289. The molecule has 4 rings (SSSR count). The second kappa shape index (κ2) is 6.83. The third-order valence-corrected chi connectivity index (χ3v) is 5.08. The topological polar surface area (TPSA) is 51.7 Å². The Morgan fingerprint density at radius 2 is 2.23 bits per heavy atom. The summed E-state index contributed by atoms with van der Waals surface area (Å²) in [5.41, 5.74) is 2.38. The predicted octanol–water partition coefficient (Wildman–Crippen LogP) is 3.53. The van der Waals surface area contributed by atoms with E-state index in [1.165, 1.54) is 5.70 Å². The van der Waals surface area contributed by atoms with Gasteiger partial charge in [-0.3, -0.25) is 4.98 Å². The van der Waals surface area contributed by atoms with E-state index in [1.54, 1.807) is 31.6 Å². The van der Waals surface area contributed by atoms with Gasteiger partial charge in [0.1, 0.15) is 11.4 Å². The zero-order valence-electron chi connectivity index (χ0n) is 14.9. The summed E-state index contributed by atoms with van der Waals surface area (Å²) in [6.07, 6.45) is 8.05. The summed E-state index contributed by atoms with van der Waals surface area (Å²) in [4.78, 5) is 18.9. The first-order valence-corrected chi connectivity index (χ1v) is 8.90. The molecular weight excluding hydrogens is 328 g/mol. The minimum Gasteiger partial charge on any atom is -0.497 e. The van der Waals surface area contributed by atoms with E-state index in [0.717, 1.165) is 43.7 Å². The molecule has 2 saturated heterocycles. The van der Waals surface area contributed by atoms with Gasteiger partial charge in [-0.1, -0.05) is 12.1 Å². The first kappa shape index (κ1) is 16.6. The van der Waals surface area contributed by atoms with Crippen molar-refractivity contribution in [3.63, 3.8) is 0 Å². The number of hydrogen-bond donors (Lipinski definition) is 0. The summed E-state index contributed by atoms with van der Waals surface area (Å²) in [6, 6.07) is 11.5. The predicted molar refractivity (Wildman–Crippen MR) is 98.8 cm³/mol. The molecule has 2 bridgehead atoms. The van der Waals surface area contributed by atoms with E-state index in [1.807, 2.05) is 18.2 Å². The highest BCUT2D eigenvalue weighted by Gasteiger charge is 2.46. The SMILES string of the molecule is COc1cccc(/C=C2\CC3(OC(=O)c4cccnc4)CCCN2C3)c1. The quantitative estimate of drug-likeness (QED) is 0.790. The van der Waals surface area contributed by atoms with Gasteiger partial charge in [-0.2, -0.15) is 0 Å². The van der Waals surface area contributed by atoms with Crippen LogP contribution in [0.15, 0.2) is 54.5 Å². The van der Waals surface area contributed by atoms with Crippen LogP contribution in [0.25, 0.3) is 6.08 Å². The highest BCUT2D eigenvalue weighted by Crippen LogP contribution is 2.42. The molecular formula is C21H22N2O3.